The van der Waals surface area contributed by atoms with Gasteiger partial charge in [0.15, 0.2) is 5.82 Å². The Bertz CT molecular complexity index is 885. The molecule has 2 N–H and O–H groups in total. The molecule has 26 heavy (non-hydrogen) atoms. The summed E-state index contributed by atoms with van der Waals surface area (Å²) < 4.78 is 5.30. The first-order valence-corrected chi connectivity index (χ1v) is 8.63. The molecular formula is C18H20N6O2. The van der Waals surface area contributed by atoms with Crippen LogP contribution >= 0.6 is 0 Å². The van der Waals surface area contributed by atoms with Crippen LogP contribution in [0.5, 0.6) is 0 Å². The van der Waals surface area contributed by atoms with Crippen molar-refractivity contribution in [3.8, 4) is 11.3 Å². The van der Waals surface area contributed by atoms with Crippen LogP contribution in [0.4, 0.5) is 10.5 Å². The molecule has 0 aliphatic heterocycles. The van der Waals surface area contributed by atoms with E-state index in [0.717, 1.165) is 24.1 Å². The van der Waals surface area contributed by atoms with Gasteiger partial charge in [0.05, 0.1) is 12.2 Å². The van der Waals surface area contributed by atoms with Crippen molar-refractivity contribution in [1.29, 1.82) is 0 Å². The Balaban J connectivity index is 1.38. The van der Waals surface area contributed by atoms with Gasteiger partial charge in [-0.1, -0.05) is 23.7 Å². The molecule has 4 rings (SSSR count). The lowest BCUT2D eigenvalue weighted by Crippen LogP contribution is -2.31. The van der Waals surface area contributed by atoms with E-state index in [1.54, 1.807) is 13.2 Å². The Morgan fingerprint density at radius 2 is 2.27 bits per heavy atom. The van der Waals surface area contributed by atoms with Crippen LogP contribution in [0.1, 0.15) is 36.9 Å². The maximum Gasteiger partial charge on any atom is 0.321 e. The first kappa shape index (κ1) is 16.3. The monoisotopic (exact) mass is 352 g/mol. The minimum Gasteiger partial charge on any atom is -0.339 e. The highest BCUT2D eigenvalue weighted by Crippen LogP contribution is 2.35. The predicted octanol–water partition coefficient (Wildman–Crippen LogP) is 3.39. The number of nitrogens with zero attached hydrogens (tertiary/aromatic N) is 4. The molecule has 1 saturated carbocycles. The van der Waals surface area contributed by atoms with Crippen molar-refractivity contribution in [2.75, 3.05) is 12.4 Å². The third kappa shape index (κ3) is 3.44. The van der Waals surface area contributed by atoms with Crippen molar-refractivity contribution >= 4 is 11.7 Å². The van der Waals surface area contributed by atoms with E-state index in [2.05, 4.69) is 25.7 Å². The first-order chi connectivity index (χ1) is 12.7. The molecule has 2 amide bonds. The zero-order chi connectivity index (χ0) is 17.9. The quantitative estimate of drug-likeness (QED) is 0.733. The van der Waals surface area contributed by atoms with E-state index in [4.69, 9.17) is 4.52 Å². The number of urea groups is 1. The Morgan fingerprint density at radius 1 is 1.38 bits per heavy atom. The second-order valence-electron chi connectivity index (χ2n) is 6.51. The maximum atomic E-state index is 12.4. The van der Waals surface area contributed by atoms with Gasteiger partial charge in [0.25, 0.3) is 0 Å². The lowest BCUT2D eigenvalue weighted by atomic mass is 9.85. The van der Waals surface area contributed by atoms with Gasteiger partial charge in [-0.2, -0.15) is 10.1 Å². The summed E-state index contributed by atoms with van der Waals surface area (Å²) in [5.41, 5.74) is 2.55. The Labute approximate surface area is 150 Å². The van der Waals surface area contributed by atoms with E-state index in [1.165, 1.54) is 11.3 Å². The van der Waals surface area contributed by atoms with Gasteiger partial charge in [-0.3, -0.25) is 5.10 Å². The van der Waals surface area contributed by atoms with Crippen molar-refractivity contribution in [3.05, 3.63) is 48.2 Å². The summed E-state index contributed by atoms with van der Waals surface area (Å²) >= 11 is 0. The molecule has 3 aromatic rings. The summed E-state index contributed by atoms with van der Waals surface area (Å²) in [7, 11) is 1.70. The fourth-order valence-corrected chi connectivity index (χ4v) is 2.84. The topological polar surface area (TPSA) is 99.9 Å². The van der Waals surface area contributed by atoms with E-state index in [-0.39, 0.29) is 6.03 Å². The van der Waals surface area contributed by atoms with Gasteiger partial charge in [-0.25, -0.2) is 4.79 Å². The number of benzene rings is 1. The Hall–Kier alpha value is -3.16. The van der Waals surface area contributed by atoms with Crippen molar-refractivity contribution < 1.29 is 9.32 Å². The Kier molecular flexibility index (Phi) is 4.39. The normalized spacial score (nSPS) is 14.0. The van der Waals surface area contributed by atoms with Crippen LogP contribution in [0.15, 0.2) is 41.1 Å². The summed E-state index contributed by atoms with van der Waals surface area (Å²) in [6, 6.07) is 9.21. The summed E-state index contributed by atoms with van der Waals surface area (Å²) in [4.78, 5) is 18.4. The van der Waals surface area contributed by atoms with Crippen LogP contribution in [0, 0.1) is 0 Å². The molecule has 1 aliphatic carbocycles. The van der Waals surface area contributed by atoms with Gasteiger partial charge in [-0.15, -0.1) is 0 Å². The molecule has 0 bridgehead atoms. The highest BCUT2D eigenvalue weighted by Gasteiger charge is 2.25. The molecule has 8 nitrogen and oxygen atoms in total. The summed E-state index contributed by atoms with van der Waals surface area (Å²) in [5, 5.41) is 13.7. The van der Waals surface area contributed by atoms with E-state index >= 15 is 0 Å². The largest absolute Gasteiger partial charge is 0.339 e. The molecule has 1 aromatic carbocycles. The van der Waals surface area contributed by atoms with E-state index in [0.29, 0.717) is 29.9 Å². The lowest BCUT2D eigenvalue weighted by molar-refractivity contribution is 0.219. The predicted molar refractivity (Wildman–Crippen MR) is 95.4 cm³/mol. The molecule has 0 saturated heterocycles. The average Bonchev–Trinajstić information content (AvgIpc) is 3.26. The van der Waals surface area contributed by atoms with Gasteiger partial charge in [0, 0.05) is 30.4 Å². The molecule has 2 aromatic heterocycles. The third-order valence-corrected chi connectivity index (χ3v) is 4.59. The van der Waals surface area contributed by atoms with Gasteiger partial charge in [-0.05, 0) is 31.0 Å². The lowest BCUT2D eigenvalue weighted by Gasteiger charge is -2.20. The summed E-state index contributed by atoms with van der Waals surface area (Å²) in [6.45, 7) is 0.294. The molecule has 0 atom stereocenters. The van der Waals surface area contributed by atoms with Gasteiger partial charge in [0.2, 0.25) is 5.89 Å². The van der Waals surface area contributed by atoms with Crippen molar-refractivity contribution in [1.82, 2.24) is 25.2 Å². The minimum absolute atomic E-state index is 0.234. The maximum absolute atomic E-state index is 12.4. The van der Waals surface area contributed by atoms with Crippen LogP contribution < -0.4 is 5.32 Å². The number of anilines is 1. The number of nitrogens with one attached hydrogen (secondary N) is 2. The van der Waals surface area contributed by atoms with Crippen LogP contribution in [0.3, 0.4) is 0 Å². The number of aromatic nitrogens is 4. The summed E-state index contributed by atoms with van der Waals surface area (Å²) in [6.07, 6.45) is 5.11. The second-order valence-corrected chi connectivity index (χ2v) is 6.51. The summed E-state index contributed by atoms with van der Waals surface area (Å²) in [5.74, 6) is 1.60. The van der Waals surface area contributed by atoms with E-state index < -0.39 is 0 Å². The Morgan fingerprint density at radius 3 is 3.00 bits per heavy atom. The number of amides is 2. The fraction of sp³-hybridized carbons (Fsp3) is 0.333. The number of hydrogen-bond donors (Lipinski definition) is 2. The van der Waals surface area contributed by atoms with Crippen LogP contribution in [-0.2, 0) is 6.54 Å². The zero-order valence-electron chi connectivity index (χ0n) is 14.5. The number of rotatable bonds is 5. The standard InChI is InChI=1S/C18H20N6O2/c1-24(11-16-21-17(26-23-16)12-4-2-5-12)18(25)20-14-7-3-6-13(10-14)15-8-9-19-22-15/h3,6-10,12H,2,4-5,11H2,1H3,(H,19,22)(H,20,25). The van der Waals surface area contributed by atoms with E-state index in [9.17, 15) is 4.79 Å². The number of hydrogen-bond acceptors (Lipinski definition) is 5. The molecule has 2 heterocycles. The van der Waals surface area contributed by atoms with Gasteiger partial charge < -0.3 is 14.7 Å². The highest BCUT2D eigenvalue weighted by atomic mass is 16.5. The average molecular weight is 352 g/mol. The highest BCUT2D eigenvalue weighted by molar-refractivity contribution is 5.89. The van der Waals surface area contributed by atoms with Crippen LogP contribution in [-0.4, -0.2) is 38.3 Å². The smallest absolute Gasteiger partial charge is 0.321 e. The number of carbonyl (C=O) groups excluding carboxylic acids is 1. The molecular weight excluding hydrogens is 332 g/mol. The molecule has 0 radical (unpaired) electrons. The number of carbonyl (C=O) groups is 1. The zero-order valence-corrected chi connectivity index (χ0v) is 14.5. The minimum atomic E-state index is -0.234. The molecule has 1 aliphatic rings. The van der Waals surface area contributed by atoms with E-state index in [1.807, 2.05) is 30.3 Å². The third-order valence-electron chi connectivity index (χ3n) is 4.59. The molecule has 1 fully saturated rings. The SMILES string of the molecule is CN(Cc1noc(C2CCC2)n1)C(=O)Nc1cccc(-c2ccn[nH]2)c1. The van der Waals surface area contributed by atoms with Crippen LogP contribution in [0.25, 0.3) is 11.3 Å². The molecule has 8 heteroatoms. The fourth-order valence-electron chi connectivity index (χ4n) is 2.84. The molecule has 0 unspecified atom stereocenters. The number of H-pyrrole nitrogens is 1. The van der Waals surface area contributed by atoms with Crippen molar-refractivity contribution in [2.45, 2.75) is 31.7 Å². The van der Waals surface area contributed by atoms with Crippen molar-refractivity contribution in [3.63, 3.8) is 0 Å². The van der Waals surface area contributed by atoms with Crippen LogP contribution in [0.2, 0.25) is 0 Å². The van der Waals surface area contributed by atoms with Crippen molar-refractivity contribution in [2.24, 2.45) is 0 Å². The molecule has 0 spiro atoms. The second kappa shape index (κ2) is 6.99. The van der Waals surface area contributed by atoms with Gasteiger partial charge in [0.1, 0.15) is 0 Å². The van der Waals surface area contributed by atoms with Gasteiger partial charge >= 0.3 is 6.03 Å². The molecule has 134 valence electrons. The first-order valence-electron chi connectivity index (χ1n) is 8.63. The number of aromatic amines is 1.